The zero-order valence-corrected chi connectivity index (χ0v) is 28.0. The second-order valence-corrected chi connectivity index (χ2v) is 13.3. The van der Waals surface area contributed by atoms with Gasteiger partial charge >= 0.3 is 19.3 Å². The third-order valence-electron chi connectivity index (χ3n) is 7.44. The van der Waals surface area contributed by atoms with Crippen molar-refractivity contribution in [3.8, 4) is 0 Å². The number of ketones is 2. The van der Waals surface area contributed by atoms with Gasteiger partial charge in [-0.1, -0.05) is 86.1 Å². The minimum absolute atomic E-state index is 0.0706. The van der Waals surface area contributed by atoms with Crippen molar-refractivity contribution in [2.45, 2.75) is 46.0 Å². The van der Waals surface area contributed by atoms with Gasteiger partial charge in [0.1, 0.15) is 13.2 Å². The van der Waals surface area contributed by atoms with E-state index in [1.165, 1.54) is 42.8 Å². The van der Waals surface area contributed by atoms with E-state index in [9.17, 15) is 23.7 Å². The average molecular weight is 667 g/mol. The van der Waals surface area contributed by atoms with Crippen LogP contribution in [0.25, 0.3) is 0 Å². The Kier molecular flexibility index (Phi) is 13.2. The number of Topliss-reactive ketones (excluding diaryl/α,β-unsaturated/α-hetero) is 2. The molecular formula is C39H39O8P. The molecule has 0 bridgehead atoms. The van der Waals surface area contributed by atoms with Gasteiger partial charge in [0, 0.05) is 24.5 Å². The minimum atomic E-state index is -3.82. The molecule has 8 nitrogen and oxygen atoms in total. The summed E-state index contributed by atoms with van der Waals surface area (Å²) in [6, 6.07) is 30.7. The van der Waals surface area contributed by atoms with Gasteiger partial charge in [0.2, 0.25) is 5.78 Å². The second kappa shape index (κ2) is 17.7. The highest BCUT2D eigenvalue weighted by atomic mass is 31.2. The maximum Gasteiger partial charge on any atom is 0.338 e. The van der Waals surface area contributed by atoms with Crippen LogP contribution in [0.3, 0.4) is 0 Å². The summed E-state index contributed by atoms with van der Waals surface area (Å²) in [6.07, 6.45) is 4.90. The predicted molar refractivity (Wildman–Crippen MR) is 185 cm³/mol. The molecule has 4 rings (SSSR count). The number of benzene rings is 4. The molecule has 0 atom stereocenters. The van der Waals surface area contributed by atoms with Gasteiger partial charge < -0.3 is 14.0 Å². The third kappa shape index (κ3) is 9.96. The van der Waals surface area contributed by atoms with E-state index in [0.717, 1.165) is 19.3 Å². The Morgan fingerprint density at radius 2 is 1.23 bits per heavy atom. The van der Waals surface area contributed by atoms with Crippen molar-refractivity contribution in [2.75, 3.05) is 13.2 Å². The Morgan fingerprint density at radius 3 is 1.79 bits per heavy atom. The fraction of sp³-hybridized carbons (Fsp3) is 0.231. The first-order valence-corrected chi connectivity index (χ1v) is 17.5. The molecule has 0 amide bonds. The van der Waals surface area contributed by atoms with Crippen LogP contribution in [-0.2, 0) is 29.8 Å². The molecule has 0 aliphatic carbocycles. The first kappa shape index (κ1) is 35.8. The normalized spacial score (nSPS) is 11.4. The fourth-order valence-corrected chi connectivity index (χ4v) is 6.91. The highest BCUT2D eigenvalue weighted by Gasteiger charge is 2.33. The zero-order chi connectivity index (χ0) is 34.4. The lowest BCUT2D eigenvalue weighted by atomic mass is 10.0. The predicted octanol–water partition coefficient (Wildman–Crippen LogP) is 7.42. The molecule has 0 saturated heterocycles. The van der Waals surface area contributed by atoms with E-state index in [4.69, 9.17) is 14.0 Å². The molecular weight excluding hydrogens is 627 g/mol. The molecule has 0 saturated carbocycles. The molecule has 248 valence electrons. The number of esters is 2. The zero-order valence-electron chi connectivity index (χ0n) is 27.1. The molecule has 0 aliphatic heterocycles. The van der Waals surface area contributed by atoms with E-state index in [-0.39, 0.29) is 48.7 Å². The van der Waals surface area contributed by atoms with Crippen molar-refractivity contribution in [3.63, 3.8) is 0 Å². The molecule has 48 heavy (non-hydrogen) atoms. The Balaban J connectivity index is 1.59. The number of ether oxygens (including phenoxy) is 2. The van der Waals surface area contributed by atoms with Crippen LogP contribution in [0, 0.1) is 0 Å². The van der Waals surface area contributed by atoms with Gasteiger partial charge in [0.05, 0.1) is 16.2 Å². The number of allylic oxidation sites excluding steroid dienone is 2. The number of carbonyl (C=O) groups excluding carboxylic acids is 4. The summed E-state index contributed by atoms with van der Waals surface area (Å²) in [6.45, 7) is 3.21. The van der Waals surface area contributed by atoms with Crippen molar-refractivity contribution in [2.24, 2.45) is 0 Å². The van der Waals surface area contributed by atoms with Crippen LogP contribution in [0.1, 0.15) is 76.2 Å². The number of carbonyl (C=O) groups is 4. The maximum absolute atomic E-state index is 14.7. The molecule has 0 heterocycles. The van der Waals surface area contributed by atoms with Crippen molar-refractivity contribution in [1.82, 2.24) is 0 Å². The topological polar surface area (TPSA) is 113 Å². The van der Waals surface area contributed by atoms with E-state index < -0.39 is 25.1 Å². The molecule has 0 fully saturated rings. The van der Waals surface area contributed by atoms with E-state index >= 15 is 0 Å². The van der Waals surface area contributed by atoms with Crippen molar-refractivity contribution in [1.29, 1.82) is 0 Å². The highest BCUT2D eigenvalue weighted by Crippen LogP contribution is 2.47. The Labute approximate surface area is 281 Å². The smallest absolute Gasteiger partial charge is 0.338 e. The van der Waals surface area contributed by atoms with Crippen LogP contribution in [0.15, 0.2) is 121 Å². The Hall–Kier alpha value is -5.07. The molecule has 4 aromatic rings. The molecule has 0 aromatic heterocycles. The van der Waals surface area contributed by atoms with Crippen LogP contribution in [0.5, 0.6) is 0 Å². The van der Waals surface area contributed by atoms with Gasteiger partial charge in [-0.3, -0.25) is 18.9 Å². The summed E-state index contributed by atoms with van der Waals surface area (Å²) in [4.78, 5) is 50.4. The second-order valence-electron chi connectivity index (χ2n) is 11.0. The van der Waals surface area contributed by atoms with Crippen molar-refractivity contribution in [3.05, 3.63) is 143 Å². The lowest BCUT2D eigenvalue weighted by Gasteiger charge is -2.22. The molecule has 0 aliphatic rings. The van der Waals surface area contributed by atoms with Crippen LogP contribution in [-0.4, -0.2) is 36.7 Å². The number of hydrogen-bond acceptors (Lipinski definition) is 8. The maximum atomic E-state index is 14.7. The summed E-state index contributed by atoms with van der Waals surface area (Å²) in [5.74, 6) is -1.96. The molecule has 0 N–H and O–H groups in total. The molecule has 4 aromatic carbocycles. The number of unbranched alkanes of at least 4 members (excludes halogenated alkanes) is 1. The average Bonchev–Trinajstić information content (AvgIpc) is 3.12. The molecule has 0 unspecified atom stereocenters. The summed E-state index contributed by atoms with van der Waals surface area (Å²) in [5, 5.41) is 0.807. The summed E-state index contributed by atoms with van der Waals surface area (Å²) in [5.41, 5.74) is 2.12. The monoisotopic (exact) mass is 666 g/mol. The lowest BCUT2D eigenvalue weighted by molar-refractivity contribution is -0.142. The largest absolute Gasteiger partial charge is 0.462 e. The van der Waals surface area contributed by atoms with Crippen LogP contribution < -0.4 is 10.6 Å². The third-order valence-corrected chi connectivity index (χ3v) is 9.85. The van der Waals surface area contributed by atoms with E-state index in [1.54, 1.807) is 60.7 Å². The van der Waals surface area contributed by atoms with Gasteiger partial charge in [-0.15, -0.1) is 0 Å². The Bertz CT molecular complexity index is 1720. The van der Waals surface area contributed by atoms with Crippen LogP contribution in [0.2, 0.25) is 0 Å². The molecule has 9 heteroatoms. The summed E-state index contributed by atoms with van der Waals surface area (Å²) < 4.78 is 30.9. The van der Waals surface area contributed by atoms with Gasteiger partial charge in [0.15, 0.2) is 11.5 Å². The number of aryl methyl sites for hydroxylation is 1. The first-order chi connectivity index (χ1) is 23.2. The van der Waals surface area contributed by atoms with Crippen LogP contribution >= 0.6 is 7.37 Å². The van der Waals surface area contributed by atoms with Gasteiger partial charge in [-0.25, -0.2) is 4.79 Å². The van der Waals surface area contributed by atoms with E-state index in [2.05, 4.69) is 6.92 Å². The first-order valence-electron chi connectivity index (χ1n) is 15.9. The van der Waals surface area contributed by atoms with E-state index in [1.807, 2.05) is 24.3 Å². The lowest BCUT2D eigenvalue weighted by Crippen LogP contribution is -2.20. The Morgan fingerprint density at radius 1 is 0.688 bits per heavy atom. The molecule has 0 radical (unpaired) electrons. The van der Waals surface area contributed by atoms with Crippen molar-refractivity contribution >= 4 is 41.5 Å². The molecule has 0 spiro atoms. The van der Waals surface area contributed by atoms with Gasteiger partial charge in [-0.05, 0) is 67.3 Å². The number of hydrogen-bond donors (Lipinski definition) is 0. The van der Waals surface area contributed by atoms with Crippen molar-refractivity contribution < 1.29 is 37.7 Å². The standard InChI is InChI=1S/C39H39O8P/c1-3-4-12-30-19-21-31(22-20-30)36(41)17-11-18-37(47-48(44,34-13-7-5-8-14-34)35-15-9-6-10-16-35)38(42)32-23-25-33(26-24-32)39(43)46-28-27-45-29(2)40/h5-10,13-16,18-26H,3-4,11-12,17,27-28H2,1-2H3/b37-18-. The highest BCUT2D eigenvalue weighted by molar-refractivity contribution is 7.74. The van der Waals surface area contributed by atoms with Gasteiger partial charge in [0.25, 0.3) is 0 Å². The van der Waals surface area contributed by atoms with Crippen LogP contribution in [0.4, 0.5) is 0 Å². The number of rotatable bonds is 17. The SMILES string of the molecule is CCCCc1ccc(C(=O)CC/C=C(\OP(=O)(c2ccccc2)c2ccccc2)C(=O)c2ccc(C(=O)OCCOC(C)=O)cc2)cc1. The minimum Gasteiger partial charge on any atom is -0.462 e. The van der Waals surface area contributed by atoms with Gasteiger partial charge in [-0.2, -0.15) is 0 Å². The summed E-state index contributed by atoms with van der Waals surface area (Å²) >= 11 is 0. The fourth-order valence-electron chi connectivity index (χ4n) is 4.83. The van der Waals surface area contributed by atoms with E-state index in [0.29, 0.717) is 16.2 Å². The quantitative estimate of drug-likeness (QED) is 0.0286. The summed E-state index contributed by atoms with van der Waals surface area (Å²) in [7, 11) is -3.82.